The van der Waals surface area contributed by atoms with E-state index in [-0.39, 0.29) is 6.04 Å². The van der Waals surface area contributed by atoms with Crippen molar-refractivity contribution in [2.45, 2.75) is 6.04 Å². The van der Waals surface area contributed by atoms with Gasteiger partial charge in [0.15, 0.2) is 0 Å². The Bertz CT molecular complexity index is 701. The van der Waals surface area contributed by atoms with Gasteiger partial charge >= 0.3 is 0 Å². The highest BCUT2D eigenvalue weighted by Crippen LogP contribution is 2.30. The second-order valence-corrected chi connectivity index (χ2v) is 4.63. The molecule has 0 bridgehead atoms. The Morgan fingerprint density at radius 2 is 2.28 bits per heavy atom. The van der Waals surface area contributed by atoms with E-state index in [1.54, 1.807) is 10.9 Å². The topological polar surface area (TPSA) is 57.0 Å². The van der Waals surface area contributed by atoms with Crippen molar-refractivity contribution in [1.29, 1.82) is 0 Å². The van der Waals surface area contributed by atoms with Crippen molar-refractivity contribution < 1.29 is 4.42 Å². The summed E-state index contributed by atoms with van der Waals surface area (Å²) in [6, 6.07) is 7.12. The molecule has 92 valence electrons. The van der Waals surface area contributed by atoms with Crippen molar-refractivity contribution in [3.05, 3.63) is 53.0 Å². The molecule has 0 spiro atoms. The van der Waals surface area contributed by atoms with Crippen molar-refractivity contribution in [2.24, 2.45) is 12.8 Å². The predicted molar refractivity (Wildman–Crippen MR) is 70.5 cm³/mol. The van der Waals surface area contributed by atoms with Crippen molar-refractivity contribution in [1.82, 2.24) is 9.78 Å². The number of aromatic nitrogens is 2. The fourth-order valence-corrected chi connectivity index (χ4v) is 2.18. The van der Waals surface area contributed by atoms with Gasteiger partial charge < -0.3 is 10.2 Å². The smallest absolute Gasteiger partial charge is 0.135 e. The number of hydrogen-bond donors (Lipinski definition) is 1. The van der Waals surface area contributed by atoms with E-state index in [1.165, 1.54) is 0 Å². The number of hydrogen-bond acceptors (Lipinski definition) is 3. The van der Waals surface area contributed by atoms with Crippen LogP contribution in [0.5, 0.6) is 0 Å². The molecule has 0 saturated carbocycles. The Hall–Kier alpha value is -1.78. The molecule has 5 heteroatoms. The first-order chi connectivity index (χ1) is 8.65. The minimum absolute atomic E-state index is 0.331. The Kier molecular flexibility index (Phi) is 2.61. The summed E-state index contributed by atoms with van der Waals surface area (Å²) in [7, 11) is 1.85. The average Bonchev–Trinajstić information content (AvgIpc) is 2.95. The lowest BCUT2D eigenvalue weighted by Crippen LogP contribution is -2.09. The molecular formula is C13H12ClN3O. The summed E-state index contributed by atoms with van der Waals surface area (Å²) in [6.07, 6.45) is 3.61. The summed E-state index contributed by atoms with van der Waals surface area (Å²) < 4.78 is 7.44. The molecule has 2 heterocycles. The van der Waals surface area contributed by atoms with Gasteiger partial charge in [0.05, 0.1) is 17.3 Å². The van der Waals surface area contributed by atoms with Crippen molar-refractivity contribution in [2.75, 3.05) is 0 Å². The lowest BCUT2D eigenvalue weighted by atomic mass is 10.1. The normalized spacial score (nSPS) is 13.1. The number of nitrogens with two attached hydrogens (primary N) is 1. The summed E-state index contributed by atoms with van der Waals surface area (Å²) in [6.45, 7) is 0. The molecule has 2 aromatic heterocycles. The second kappa shape index (κ2) is 4.15. The Morgan fingerprint density at radius 1 is 1.44 bits per heavy atom. The maximum Gasteiger partial charge on any atom is 0.135 e. The largest absolute Gasteiger partial charge is 0.459 e. The van der Waals surface area contributed by atoms with Crippen LogP contribution in [0.2, 0.25) is 5.02 Å². The molecule has 0 aliphatic heterocycles. The molecule has 2 N–H and O–H groups in total. The Morgan fingerprint density at radius 3 is 2.94 bits per heavy atom. The number of rotatable bonds is 2. The van der Waals surface area contributed by atoms with Crippen molar-refractivity contribution in [3.63, 3.8) is 0 Å². The number of aryl methyl sites for hydroxylation is 1. The third kappa shape index (κ3) is 1.79. The SMILES string of the molecule is Cn1cc(C(N)c2cc3c(Cl)cccc3o2)cn1. The molecule has 0 aliphatic carbocycles. The molecule has 1 unspecified atom stereocenters. The van der Waals surface area contributed by atoms with E-state index in [1.807, 2.05) is 37.5 Å². The van der Waals surface area contributed by atoms with Crippen LogP contribution >= 0.6 is 11.6 Å². The summed E-state index contributed by atoms with van der Waals surface area (Å²) in [5.74, 6) is 0.686. The first kappa shape index (κ1) is 11.3. The van der Waals surface area contributed by atoms with Gasteiger partial charge in [0.1, 0.15) is 11.3 Å². The minimum Gasteiger partial charge on any atom is -0.459 e. The standard InChI is InChI=1S/C13H12ClN3O/c1-17-7-8(6-16-17)13(15)12-5-9-10(14)3-2-4-11(9)18-12/h2-7,13H,15H2,1H3. The molecule has 0 aliphatic rings. The molecular weight excluding hydrogens is 250 g/mol. The molecule has 1 aromatic carbocycles. The molecule has 0 saturated heterocycles. The van der Waals surface area contributed by atoms with E-state index in [2.05, 4.69) is 5.10 Å². The van der Waals surface area contributed by atoms with Crippen LogP contribution in [0.1, 0.15) is 17.4 Å². The molecule has 3 rings (SSSR count). The van der Waals surface area contributed by atoms with Crippen LogP contribution in [0, 0.1) is 0 Å². The Labute approximate surface area is 109 Å². The van der Waals surface area contributed by atoms with Gasteiger partial charge in [-0.3, -0.25) is 4.68 Å². The van der Waals surface area contributed by atoms with Crippen LogP contribution in [0.4, 0.5) is 0 Å². The maximum atomic E-state index is 6.15. The molecule has 18 heavy (non-hydrogen) atoms. The van der Waals surface area contributed by atoms with Crippen LogP contribution in [0.3, 0.4) is 0 Å². The van der Waals surface area contributed by atoms with Gasteiger partial charge in [-0.1, -0.05) is 17.7 Å². The van der Waals surface area contributed by atoms with E-state index in [0.29, 0.717) is 10.8 Å². The van der Waals surface area contributed by atoms with E-state index in [9.17, 15) is 0 Å². The summed E-state index contributed by atoms with van der Waals surface area (Å²) in [4.78, 5) is 0. The van der Waals surface area contributed by atoms with Crippen LogP contribution in [0.25, 0.3) is 11.0 Å². The second-order valence-electron chi connectivity index (χ2n) is 4.23. The van der Waals surface area contributed by atoms with E-state index in [0.717, 1.165) is 16.5 Å². The number of furan rings is 1. The monoisotopic (exact) mass is 261 g/mol. The number of fused-ring (bicyclic) bond motifs is 1. The summed E-state index contributed by atoms with van der Waals surface area (Å²) in [5.41, 5.74) is 7.81. The zero-order valence-electron chi connectivity index (χ0n) is 9.80. The fourth-order valence-electron chi connectivity index (χ4n) is 1.96. The van der Waals surface area contributed by atoms with Crippen LogP contribution in [0.15, 0.2) is 41.1 Å². The van der Waals surface area contributed by atoms with E-state index in [4.69, 9.17) is 21.8 Å². The molecule has 3 aromatic rings. The third-order valence-electron chi connectivity index (χ3n) is 2.92. The van der Waals surface area contributed by atoms with Gasteiger partial charge in [-0.15, -0.1) is 0 Å². The quantitative estimate of drug-likeness (QED) is 0.772. The lowest BCUT2D eigenvalue weighted by molar-refractivity contribution is 0.525. The highest BCUT2D eigenvalue weighted by atomic mass is 35.5. The summed E-state index contributed by atoms with van der Waals surface area (Å²) >= 11 is 6.11. The maximum absolute atomic E-state index is 6.15. The molecule has 4 nitrogen and oxygen atoms in total. The number of nitrogens with zero attached hydrogens (tertiary/aromatic N) is 2. The first-order valence-corrected chi connectivity index (χ1v) is 5.95. The van der Waals surface area contributed by atoms with Gasteiger partial charge in [0.25, 0.3) is 0 Å². The molecule has 0 amide bonds. The highest BCUT2D eigenvalue weighted by Gasteiger charge is 2.16. The van der Waals surface area contributed by atoms with Crippen LogP contribution in [-0.2, 0) is 7.05 Å². The molecule has 1 atom stereocenters. The van der Waals surface area contributed by atoms with Crippen LogP contribution < -0.4 is 5.73 Å². The van der Waals surface area contributed by atoms with Crippen molar-refractivity contribution in [3.8, 4) is 0 Å². The first-order valence-electron chi connectivity index (χ1n) is 5.57. The average molecular weight is 262 g/mol. The zero-order chi connectivity index (χ0) is 12.7. The number of halogens is 1. The third-order valence-corrected chi connectivity index (χ3v) is 3.25. The minimum atomic E-state index is -0.331. The van der Waals surface area contributed by atoms with Crippen molar-refractivity contribution >= 4 is 22.6 Å². The van der Waals surface area contributed by atoms with Gasteiger partial charge in [-0.05, 0) is 18.2 Å². The number of benzene rings is 1. The fraction of sp³-hybridized carbons (Fsp3) is 0.154. The van der Waals surface area contributed by atoms with Gasteiger partial charge in [0, 0.05) is 24.2 Å². The summed E-state index contributed by atoms with van der Waals surface area (Å²) in [5, 5.41) is 5.65. The highest BCUT2D eigenvalue weighted by molar-refractivity contribution is 6.35. The van der Waals surface area contributed by atoms with E-state index >= 15 is 0 Å². The Balaban J connectivity index is 2.06. The molecule has 0 radical (unpaired) electrons. The zero-order valence-corrected chi connectivity index (χ0v) is 10.6. The van der Waals surface area contributed by atoms with Gasteiger partial charge in [-0.25, -0.2) is 0 Å². The predicted octanol–water partition coefficient (Wildman–Crippen LogP) is 2.87. The molecule has 0 fully saturated rings. The van der Waals surface area contributed by atoms with Gasteiger partial charge in [0.2, 0.25) is 0 Å². The lowest BCUT2D eigenvalue weighted by Gasteiger charge is -2.04. The van der Waals surface area contributed by atoms with Crippen LogP contribution in [-0.4, -0.2) is 9.78 Å². The van der Waals surface area contributed by atoms with E-state index < -0.39 is 0 Å². The van der Waals surface area contributed by atoms with Gasteiger partial charge in [-0.2, -0.15) is 5.10 Å².